The van der Waals surface area contributed by atoms with Crippen LogP contribution in [0.25, 0.3) is 0 Å². The number of carbonyl (C=O) groups is 1. The molecule has 0 saturated carbocycles. The van der Waals surface area contributed by atoms with Crippen molar-refractivity contribution in [3.8, 4) is 0 Å². The van der Waals surface area contributed by atoms with Gasteiger partial charge in [-0.05, 0) is 11.1 Å². The number of benzene rings is 2. The van der Waals surface area contributed by atoms with Crippen molar-refractivity contribution >= 4 is 15.9 Å². The highest BCUT2D eigenvalue weighted by atomic mass is 32.2. The van der Waals surface area contributed by atoms with Crippen LogP contribution >= 0.6 is 0 Å². The molecule has 3 N–H and O–H groups in total. The van der Waals surface area contributed by atoms with E-state index in [4.69, 9.17) is 5.73 Å². The van der Waals surface area contributed by atoms with E-state index in [0.717, 1.165) is 5.56 Å². The molecule has 0 fully saturated rings. The number of primary amides is 1. The topological polar surface area (TPSA) is 107 Å². The molecule has 0 spiro atoms. The standard InChI is InChI=1S/C18H18N4O3S/c19-18(23)17(15-9-5-2-6-10-15)21-26(24,25)16-11-20-22(13-16)12-14-7-3-1-4-8-14/h1-11,13,17,21H,12H2,(H2,19,23). The number of nitrogens with one attached hydrogen (secondary N) is 1. The van der Waals surface area contributed by atoms with Gasteiger partial charge in [0.1, 0.15) is 10.9 Å². The van der Waals surface area contributed by atoms with Crippen LogP contribution in [0.2, 0.25) is 0 Å². The lowest BCUT2D eigenvalue weighted by molar-refractivity contribution is -0.119. The Balaban J connectivity index is 1.80. The number of hydrogen-bond donors (Lipinski definition) is 2. The zero-order chi connectivity index (χ0) is 18.6. The maximum Gasteiger partial charge on any atom is 0.244 e. The Hall–Kier alpha value is -2.97. The van der Waals surface area contributed by atoms with E-state index in [-0.39, 0.29) is 4.90 Å². The Morgan fingerprint density at radius 2 is 1.69 bits per heavy atom. The molecule has 0 aliphatic rings. The molecule has 134 valence electrons. The van der Waals surface area contributed by atoms with Crippen LogP contribution in [0.4, 0.5) is 0 Å². The molecule has 2 aromatic carbocycles. The van der Waals surface area contributed by atoms with E-state index in [1.54, 1.807) is 30.3 Å². The summed E-state index contributed by atoms with van der Waals surface area (Å²) >= 11 is 0. The highest BCUT2D eigenvalue weighted by Crippen LogP contribution is 2.17. The quantitative estimate of drug-likeness (QED) is 0.656. The first-order valence-corrected chi connectivity index (χ1v) is 9.37. The van der Waals surface area contributed by atoms with Crippen molar-refractivity contribution in [3.63, 3.8) is 0 Å². The number of carbonyl (C=O) groups excluding carboxylic acids is 1. The molecule has 0 aliphatic carbocycles. The summed E-state index contributed by atoms with van der Waals surface area (Å²) in [7, 11) is -3.96. The van der Waals surface area contributed by atoms with Gasteiger partial charge in [0.15, 0.2) is 0 Å². The average Bonchev–Trinajstić information content (AvgIpc) is 3.11. The Morgan fingerprint density at radius 3 is 2.31 bits per heavy atom. The summed E-state index contributed by atoms with van der Waals surface area (Å²) in [6, 6.07) is 16.8. The fraction of sp³-hybridized carbons (Fsp3) is 0.111. The molecule has 8 heteroatoms. The Bertz CT molecular complexity index is 986. The number of sulfonamides is 1. The fourth-order valence-corrected chi connectivity index (χ4v) is 3.64. The van der Waals surface area contributed by atoms with Crippen LogP contribution in [-0.2, 0) is 21.4 Å². The van der Waals surface area contributed by atoms with Crippen LogP contribution in [-0.4, -0.2) is 24.1 Å². The molecule has 0 bridgehead atoms. The second-order valence-electron chi connectivity index (χ2n) is 5.73. The summed E-state index contributed by atoms with van der Waals surface area (Å²) in [6.45, 7) is 0.439. The molecule has 1 amide bonds. The highest BCUT2D eigenvalue weighted by molar-refractivity contribution is 7.89. The summed E-state index contributed by atoms with van der Waals surface area (Å²) in [5, 5.41) is 4.08. The number of aromatic nitrogens is 2. The lowest BCUT2D eigenvalue weighted by atomic mass is 10.1. The minimum absolute atomic E-state index is 0.0318. The van der Waals surface area contributed by atoms with Gasteiger partial charge >= 0.3 is 0 Å². The SMILES string of the molecule is NC(=O)C(NS(=O)(=O)c1cnn(Cc2ccccc2)c1)c1ccccc1. The average molecular weight is 370 g/mol. The highest BCUT2D eigenvalue weighted by Gasteiger charge is 2.26. The summed E-state index contributed by atoms with van der Waals surface area (Å²) in [5.74, 6) is -0.781. The lowest BCUT2D eigenvalue weighted by Crippen LogP contribution is -2.37. The van der Waals surface area contributed by atoms with Crippen molar-refractivity contribution < 1.29 is 13.2 Å². The van der Waals surface area contributed by atoms with Crippen LogP contribution in [0.5, 0.6) is 0 Å². The molecule has 1 atom stereocenters. The molecule has 0 radical (unpaired) electrons. The summed E-state index contributed by atoms with van der Waals surface area (Å²) < 4.78 is 29.1. The molecular formula is C18H18N4O3S. The predicted octanol–water partition coefficient (Wildman–Crippen LogP) is 1.44. The van der Waals surface area contributed by atoms with Crippen LogP contribution in [0.3, 0.4) is 0 Å². The molecule has 1 heterocycles. The second kappa shape index (κ2) is 7.51. The van der Waals surface area contributed by atoms with Gasteiger partial charge < -0.3 is 5.73 Å². The van der Waals surface area contributed by atoms with E-state index in [1.165, 1.54) is 17.1 Å². The van der Waals surface area contributed by atoms with Crippen molar-refractivity contribution in [3.05, 3.63) is 84.2 Å². The molecule has 1 aromatic heterocycles. The maximum atomic E-state index is 12.6. The molecule has 3 aromatic rings. The molecule has 1 unspecified atom stereocenters. The number of rotatable bonds is 7. The minimum Gasteiger partial charge on any atom is -0.368 e. The minimum atomic E-state index is -3.96. The van der Waals surface area contributed by atoms with E-state index < -0.39 is 22.0 Å². The van der Waals surface area contributed by atoms with Gasteiger partial charge in [-0.25, -0.2) is 8.42 Å². The Labute approximate surface area is 151 Å². The third-order valence-electron chi connectivity index (χ3n) is 3.80. The van der Waals surface area contributed by atoms with E-state index in [1.807, 2.05) is 30.3 Å². The van der Waals surface area contributed by atoms with Gasteiger partial charge in [0.25, 0.3) is 0 Å². The monoisotopic (exact) mass is 370 g/mol. The van der Waals surface area contributed by atoms with Crippen molar-refractivity contribution in [1.82, 2.24) is 14.5 Å². The largest absolute Gasteiger partial charge is 0.368 e. The van der Waals surface area contributed by atoms with Gasteiger partial charge in [-0.3, -0.25) is 9.48 Å². The first-order valence-electron chi connectivity index (χ1n) is 7.89. The van der Waals surface area contributed by atoms with Crippen LogP contribution < -0.4 is 10.5 Å². The number of amides is 1. The van der Waals surface area contributed by atoms with E-state index in [0.29, 0.717) is 12.1 Å². The van der Waals surface area contributed by atoms with Gasteiger partial charge in [0.2, 0.25) is 15.9 Å². The number of hydrogen-bond acceptors (Lipinski definition) is 4. The predicted molar refractivity (Wildman–Crippen MR) is 96.5 cm³/mol. The van der Waals surface area contributed by atoms with Crippen molar-refractivity contribution in [1.29, 1.82) is 0 Å². The van der Waals surface area contributed by atoms with Gasteiger partial charge in [-0.15, -0.1) is 0 Å². The lowest BCUT2D eigenvalue weighted by Gasteiger charge is -2.15. The van der Waals surface area contributed by atoms with Crippen molar-refractivity contribution in [2.24, 2.45) is 5.73 Å². The normalized spacial score (nSPS) is 12.6. The Kier molecular flexibility index (Phi) is 5.15. The van der Waals surface area contributed by atoms with Crippen LogP contribution in [0, 0.1) is 0 Å². The van der Waals surface area contributed by atoms with E-state index in [2.05, 4.69) is 9.82 Å². The van der Waals surface area contributed by atoms with Crippen molar-refractivity contribution in [2.75, 3.05) is 0 Å². The maximum absolute atomic E-state index is 12.6. The summed E-state index contributed by atoms with van der Waals surface area (Å²) in [4.78, 5) is 11.7. The van der Waals surface area contributed by atoms with E-state index >= 15 is 0 Å². The molecule has 26 heavy (non-hydrogen) atoms. The fourth-order valence-electron chi connectivity index (χ4n) is 2.50. The zero-order valence-electron chi connectivity index (χ0n) is 13.8. The third kappa shape index (κ3) is 4.16. The Morgan fingerprint density at radius 1 is 1.08 bits per heavy atom. The van der Waals surface area contributed by atoms with Gasteiger partial charge in [-0.1, -0.05) is 60.7 Å². The van der Waals surface area contributed by atoms with Gasteiger partial charge in [0.05, 0.1) is 12.7 Å². The first kappa shape index (κ1) is 17.8. The smallest absolute Gasteiger partial charge is 0.244 e. The zero-order valence-corrected chi connectivity index (χ0v) is 14.6. The first-order chi connectivity index (χ1) is 12.5. The van der Waals surface area contributed by atoms with E-state index in [9.17, 15) is 13.2 Å². The summed E-state index contributed by atoms with van der Waals surface area (Å²) in [5.41, 5.74) is 6.84. The van der Waals surface area contributed by atoms with Gasteiger partial charge in [0, 0.05) is 6.20 Å². The van der Waals surface area contributed by atoms with Crippen LogP contribution in [0.15, 0.2) is 78.0 Å². The molecule has 7 nitrogen and oxygen atoms in total. The molecule has 3 rings (SSSR count). The number of nitrogens with two attached hydrogens (primary N) is 1. The molecule has 0 saturated heterocycles. The van der Waals surface area contributed by atoms with Gasteiger partial charge in [-0.2, -0.15) is 9.82 Å². The molecular weight excluding hydrogens is 352 g/mol. The number of nitrogens with zero attached hydrogens (tertiary/aromatic N) is 2. The molecule has 0 aliphatic heterocycles. The van der Waals surface area contributed by atoms with Crippen LogP contribution in [0.1, 0.15) is 17.2 Å². The summed E-state index contributed by atoms with van der Waals surface area (Å²) in [6.07, 6.45) is 2.66. The third-order valence-corrected chi connectivity index (χ3v) is 5.18. The second-order valence-corrected chi connectivity index (χ2v) is 7.44. The van der Waals surface area contributed by atoms with Crippen molar-refractivity contribution in [2.45, 2.75) is 17.5 Å².